The van der Waals surface area contributed by atoms with Gasteiger partial charge in [0.15, 0.2) is 0 Å². The number of fused-ring (bicyclic) bond motifs is 1. The molecule has 2 aromatic carbocycles. The molecular formula is C17H12O3S. The Bertz CT molecular complexity index is 748. The first-order valence-corrected chi connectivity index (χ1v) is 7.45. The number of hydrogen-bond donors (Lipinski definition) is 1. The van der Waals surface area contributed by atoms with Crippen LogP contribution in [0.3, 0.4) is 0 Å². The molecule has 1 aliphatic rings. The van der Waals surface area contributed by atoms with E-state index in [-0.39, 0.29) is 16.2 Å². The van der Waals surface area contributed by atoms with Gasteiger partial charge in [-0.3, -0.25) is 9.59 Å². The highest BCUT2D eigenvalue weighted by molar-refractivity contribution is 8.03. The van der Waals surface area contributed by atoms with Crippen LogP contribution in [0.15, 0.2) is 59.5 Å². The summed E-state index contributed by atoms with van der Waals surface area (Å²) in [6.07, 6.45) is 0. The largest absolute Gasteiger partial charge is 0.506 e. The summed E-state index contributed by atoms with van der Waals surface area (Å²) in [5, 5.41) is 10.3. The van der Waals surface area contributed by atoms with E-state index < -0.39 is 11.6 Å². The molecule has 0 fully saturated rings. The minimum absolute atomic E-state index is 0.101. The highest BCUT2D eigenvalue weighted by atomic mass is 32.2. The van der Waals surface area contributed by atoms with Crippen molar-refractivity contribution in [1.82, 2.24) is 0 Å². The fourth-order valence-electron chi connectivity index (χ4n) is 2.21. The normalized spacial score (nSPS) is 14.3. The maximum Gasteiger partial charge on any atom is 0.243 e. The van der Waals surface area contributed by atoms with Crippen LogP contribution in [0.25, 0.3) is 5.76 Å². The number of aliphatic hydroxyl groups excluding tert-OH is 1. The van der Waals surface area contributed by atoms with Crippen molar-refractivity contribution in [3.05, 3.63) is 76.2 Å². The number of aliphatic hydroxyl groups is 1. The molecule has 21 heavy (non-hydrogen) atoms. The second-order valence-corrected chi connectivity index (χ2v) is 5.64. The Labute approximate surface area is 126 Å². The molecule has 1 N–H and O–H groups in total. The lowest BCUT2D eigenvalue weighted by Crippen LogP contribution is -2.22. The van der Waals surface area contributed by atoms with Crippen LogP contribution in [0.5, 0.6) is 0 Å². The van der Waals surface area contributed by atoms with E-state index in [4.69, 9.17) is 0 Å². The molecule has 0 saturated heterocycles. The van der Waals surface area contributed by atoms with Crippen molar-refractivity contribution in [3.63, 3.8) is 0 Å². The Hall–Kier alpha value is -2.33. The fourth-order valence-corrected chi connectivity index (χ4v) is 3.18. The molecule has 3 rings (SSSR count). The van der Waals surface area contributed by atoms with Gasteiger partial charge >= 0.3 is 0 Å². The smallest absolute Gasteiger partial charge is 0.243 e. The second kappa shape index (κ2) is 5.58. The topological polar surface area (TPSA) is 54.4 Å². The van der Waals surface area contributed by atoms with Crippen molar-refractivity contribution >= 4 is 29.1 Å². The third-order valence-corrected chi connectivity index (χ3v) is 4.43. The number of benzene rings is 2. The summed E-state index contributed by atoms with van der Waals surface area (Å²) in [6.45, 7) is 0. The van der Waals surface area contributed by atoms with E-state index in [0.717, 1.165) is 5.56 Å². The number of Topliss-reactive ketones (excluding diaryl/α,β-unsaturated/α-hetero) is 2. The van der Waals surface area contributed by atoms with Crippen molar-refractivity contribution < 1.29 is 14.7 Å². The monoisotopic (exact) mass is 296 g/mol. The number of thioether (sulfide) groups is 1. The first kappa shape index (κ1) is 13.6. The van der Waals surface area contributed by atoms with Gasteiger partial charge in [0.25, 0.3) is 0 Å². The summed E-state index contributed by atoms with van der Waals surface area (Å²) in [5.74, 6) is -0.760. The Morgan fingerprint density at radius 2 is 1.43 bits per heavy atom. The quantitative estimate of drug-likeness (QED) is 0.879. The van der Waals surface area contributed by atoms with Crippen LogP contribution in [0.1, 0.15) is 21.5 Å². The average molecular weight is 296 g/mol. The van der Waals surface area contributed by atoms with E-state index >= 15 is 0 Å². The molecule has 0 bridgehead atoms. The van der Waals surface area contributed by atoms with Gasteiger partial charge in [0, 0.05) is 16.9 Å². The number of ketones is 2. The minimum Gasteiger partial charge on any atom is -0.506 e. The van der Waals surface area contributed by atoms with E-state index in [1.54, 1.807) is 24.3 Å². The molecular weight excluding hydrogens is 284 g/mol. The van der Waals surface area contributed by atoms with Gasteiger partial charge in [-0.1, -0.05) is 54.6 Å². The summed E-state index contributed by atoms with van der Waals surface area (Å²) in [7, 11) is 0. The summed E-state index contributed by atoms with van der Waals surface area (Å²) in [4.78, 5) is 24.3. The van der Waals surface area contributed by atoms with Gasteiger partial charge < -0.3 is 5.11 Å². The van der Waals surface area contributed by atoms with Crippen LogP contribution in [-0.4, -0.2) is 16.7 Å². The number of hydrogen-bond acceptors (Lipinski definition) is 4. The molecule has 0 unspecified atom stereocenters. The highest BCUT2D eigenvalue weighted by Gasteiger charge is 2.32. The van der Waals surface area contributed by atoms with Crippen molar-refractivity contribution in [2.75, 3.05) is 0 Å². The molecule has 0 atom stereocenters. The molecule has 0 aromatic heterocycles. The molecule has 0 amide bonds. The molecule has 0 aliphatic heterocycles. The zero-order chi connectivity index (χ0) is 14.8. The van der Waals surface area contributed by atoms with E-state index in [9.17, 15) is 14.7 Å². The summed E-state index contributed by atoms with van der Waals surface area (Å²) >= 11 is 1.19. The van der Waals surface area contributed by atoms with Gasteiger partial charge in [-0.25, -0.2) is 0 Å². The van der Waals surface area contributed by atoms with E-state index in [2.05, 4.69) is 0 Å². The van der Waals surface area contributed by atoms with Crippen LogP contribution in [-0.2, 0) is 10.5 Å². The number of carbonyl (C=O) groups is 2. The van der Waals surface area contributed by atoms with Gasteiger partial charge in [0.1, 0.15) is 10.7 Å². The SMILES string of the molecule is O=C1C(=O)c2ccccc2C(O)=C1SCc1ccccc1. The lowest BCUT2D eigenvalue weighted by molar-refractivity contribution is -0.111. The van der Waals surface area contributed by atoms with Crippen LogP contribution >= 0.6 is 11.8 Å². The van der Waals surface area contributed by atoms with Gasteiger partial charge in [-0.15, -0.1) is 11.8 Å². The average Bonchev–Trinajstić information content (AvgIpc) is 2.54. The zero-order valence-corrected chi connectivity index (χ0v) is 11.9. The lowest BCUT2D eigenvalue weighted by atomic mass is 9.94. The predicted octanol–water partition coefficient (Wildman–Crippen LogP) is 3.61. The van der Waals surface area contributed by atoms with Gasteiger partial charge in [-0.2, -0.15) is 0 Å². The number of allylic oxidation sites excluding steroid dienone is 1. The van der Waals surface area contributed by atoms with Crippen LogP contribution < -0.4 is 0 Å². The van der Waals surface area contributed by atoms with Gasteiger partial charge in [-0.05, 0) is 5.56 Å². The standard InChI is InChI=1S/C17H12O3S/c18-14-12-8-4-5-9-13(12)15(19)17(16(14)20)21-10-11-6-2-1-3-7-11/h1-9,19H,10H2. The summed E-state index contributed by atoms with van der Waals surface area (Å²) in [6, 6.07) is 16.2. The Morgan fingerprint density at radius 3 is 2.14 bits per heavy atom. The van der Waals surface area contributed by atoms with Crippen molar-refractivity contribution in [2.45, 2.75) is 5.75 Å². The Balaban J connectivity index is 1.94. The summed E-state index contributed by atoms with van der Waals surface area (Å²) in [5.41, 5.74) is 1.73. The van der Waals surface area contributed by atoms with E-state index in [1.165, 1.54) is 11.8 Å². The first-order valence-electron chi connectivity index (χ1n) is 6.47. The maximum atomic E-state index is 12.1. The van der Waals surface area contributed by atoms with Crippen LogP contribution in [0.4, 0.5) is 0 Å². The molecule has 104 valence electrons. The van der Waals surface area contributed by atoms with E-state index in [0.29, 0.717) is 11.3 Å². The van der Waals surface area contributed by atoms with Crippen molar-refractivity contribution in [2.24, 2.45) is 0 Å². The molecule has 1 aliphatic carbocycles. The Kier molecular flexibility index (Phi) is 3.62. The van der Waals surface area contributed by atoms with Gasteiger partial charge in [0.05, 0.1) is 0 Å². The maximum absolute atomic E-state index is 12.1. The zero-order valence-electron chi connectivity index (χ0n) is 11.1. The van der Waals surface area contributed by atoms with Crippen LogP contribution in [0, 0.1) is 0 Å². The predicted molar refractivity (Wildman–Crippen MR) is 83.1 cm³/mol. The highest BCUT2D eigenvalue weighted by Crippen LogP contribution is 2.35. The fraction of sp³-hybridized carbons (Fsp3) is 0.0588. The third kappa shape index (κ3) is 2.50. The van der Waals surface area contributed by atoms with Crippen molar-refractivity contribution in [1.29, 1.82) is 0 Å². The Morgan fingerprint density at radius 1 is 0.810 bits per heavy atom. The van der Waals surface area contributed by atoms with Crippen LogP contribution in [0.2, 0.25) is 0 Å². The lowest BCUT2D eigenvalue weighted by Gasteiger charge is -2.17. The molecule has 0 radical (unpaired) electrons. The third-order valence-electron chi connectivity index (χ3n) is 3.28. The molecule has 0 saturated carbocycles. The number of carbonyl (C=O) groups excluding carboxylic acids is 2. The number of rotatable bonds is 3. The second-order valence-electron chi connectivity index (χ2n) is 4.66. The minimum atomic E-state index is -0.632. The first-order chi connectivity index (χ1) is 10.2. The molecule has 0 spiro atoms. The molecule has 0 heterocycles. The molecule has 3 nitrogen and oxygen atoms in total. The molecule has 2 aromatic rings. The van der Waals surface area contributed by atoms with Gasteiger partial charge in [0.2, 0.25) is 11.6 Å². The van der Waals surface area contributed by atoms with Crippen molar-refractivity contribution in [3.8, 4) is 0 Å². The van der Waals surface area contributed by atoms with E-state index in [1.807, 2.05) is 30.3 Å². The molecule has 4 heteroatoms. The summed E-state index contributed by atoms with van der Waals surface area (Å²) < 4.78 is 0.